The van der Waals surface area contributed by atoms with Gasteiger partial charge in [-0.3, -0.25) is 0 Å². The Morgan fingerprint density at radius 3 is 2.88 bits per heavy atom. The second-order valence-electron chi connectivity index (χ2n) is 6.28. The van der Waals surface area contributed by atoms with Crippen LogP contribution in [0.25, 0.3) is 0 Å². The summed E-state index contributed by atoms with van der Waals surface area (Å²) in [5.74, 6) is 1.57. The van der Waals surface area contributed by atoms with E-state index in [2.05, 4.69) is 5.32 Å². The molecule has 24 heavy (non-hydrogen) atoms. The Morgan fingerprint density at radius 2 is 2.17 bits per heavy atom. The van der Waals surface area contributed by atoms with E-state index in [9.17, 15) is 4.79 Å². The molecule has 2 amide bonds. The molecule has 0 aromatic heterocycles. The van der Waals surface area contributed by atoms with Crippen molar-refractivity contribution in [2.24, 2.45) is 0 Å². The van der Waals surface area contributed by atoms with E-state index in [4.69, 9.17) is 14.2 Å². The van der Waals surface area contributed by atoms with Crippen molar-refractivity contribution in [1.29, 1.82) is 0 Å². The third kappa shape index (κ3) is 3.59. The van der Waals surface area contributed by atoms with Crippen LogP contribution in [0.2, 0.25) is 0 Å². The molecule has 132 valence electrons. The second-order valence-corrected chi connectivity index (χ2v) is 6.28. The predicted molar refractivity (Wildman–Crippen MR) is 90.6 cm³/mol. The normalized spacial score (nSPS) is 23.3. The first-order chi connectivity index (χ1) is 11.7. The second kappa shape index (κ2) is 7.75. The lowest BCUT2D eigenvalue weighted by Crippen LogP contribution is -2.42. The van der Waals surface area contributed by atoms with Gasteiger partial charge in [-0.05, 0) is 43.9 Å². The molecular weight excluding hydrogens is 308 g/mol. The summed E-state index contributed by atoms with van der Waals surface area (Å²) in [5, 5.41) is 3.02. The number of carbonyl (C=O) groups is 1. The largest absolute Gasteiger partial charge is 0.497 e. The molecule has 2 aliphatic rings. The highest BCUT2D eigenvalue weighted by molar-refractivity contribution is 5.75. The summed E-state index contributed by atoms with van der Waals surface area (Å²) in [6.45, 7) is 2.13. The first kappa shape index (κ1) is 16.9. The number of amides is 2. The molecular formula is C18H26N2O4. The van der Waals surface area contributed by atoms with Gasteiger partial charge in [0, 0.05) is 25.3 Å². The average Bonchev–Trinajstić information content (AvgIpc) is 3.30. The van der Waals surface area contributed by atoms with Crippen LogP contribution in [-0.2, 0) is 4.74 Å². The first-order valence-electron chi connectivity index (χ1n) is 8.61. The predicted octanol–water partition coefficient (Wildman–Crippen LogP) is 2.73. The number of urea groups is 1. The highest BCUT2D eigenvalue weighted by Gasteiger charge is 2.32. The Kier molecular flexibility index (Phi) is 5.45. The molecule has 1 aromatic rings. The van der Waals surface area contributed by atoms with Gasteiger partial charge in [-0.1, -0.05) is 0 Å². The van der Waals surface area contributed by atoms with E-state index in [1.165, 1.54) is 0 Å². The smallest absolute Gasteiger partial charge is 0.318 e. The third-order valence-corrected chi connectivity index (χ3v) is 4.81. The molecule has 2 fully saturated rings. The van der Waals surface area contributed by atoms with Gasteiger partial charge in [-0.25, -0.2) is 4.79 Å². The molecule has 0 aliphatic carbocycles. The van der Waals surface area contributed by atoms with Gasteiger partial charge in [-0.15, -0.1) is 0 Å². The maximum absolute atomic E-state index is 12.6. The Labute approximate surface area is 143 Å². The number of carbonyl (C=O) groups excluding carboxylic acids is 1. The van der Waals surface area contributed by atoms with E-state index < -0.39 is 0 Å². The summed E-state index contributed by atoms with van der Waals surface area (Å²) in [6.07, 6.45) is 4.16. The molecule has 0 radical (unpaired) electrons. The molecule has 2 saturated heterocycles. The molecule has 1 N–H and O–H groups in total. The lowest BCUT2D eigenvalue weighted by Gasteiger charge is -2.27. The molecule has 6 heteroatoms. The molecule has 6 nitrogen and oxygen atoms in total. The number of hydrogen-bond donors (Lipinski definition) is 1. The lowest BCUT2D eigenvalue weighted by atomic mass is 10.0. The van der Waals surface area contributed by atoms with Crippen molar-refractivity contribution >= 4 is 6.03 Å². The minimum Gasteiger partial charge on any atom is -0.497 e. The van der Waals surface area contributed by atoms with Crippen molar-refractivity contribution in [3.8, 4) is 11.5 Å². The lowest BCUT2D eigenvalue weighted by molar-refractivity contribution is 0.108. The number of methoxy groups -OCH3 is 2. The monoisotopic (exact) mass is 334 g/mol. The van der Waals surface area contributed by atoms with Crippen molar-refractivity contribution in [2.75, 3.05) is 33.9 Å². The molecule has 2 aliphatic heterocycles. The van der Waals surface area contributed by atoms with Crippen molar-refractivity contribution in [2.45, 2.75) is 37.8 Å². The number of benzene rings is 1. The molecule has 3 rings (SSSR count). The molecule has 2 heterocycles. The van der Waals surface area contributed by atoms with Crippen LogP contribution in [0.3, 0.4) is 0 Å². The standard InChI is InChI=1S/C18H26N2O4/c1-22-13-7-8-17(23-2)15(11-13)16-6-3-9-20(16)18(21)19-12-14-5-4-10-24-14/h7-8,11,14,16H,3-6,9-10,12H2,1-2H3,(H,19,21)/t14-,16+/m1/s1. The van der Waals surface area contributed by atoms with Crippen LogP contribution < -0.4 is 14.8 Å². The van der Waals surface area contributed by atoms with Crippen LogP contribution in [0.15, 0.2) is 18.2 Å². The Hall–Kier alpha value is -1.95. The van der Waals surface area contributed by atoms with Crippen molar-refractivity contribution in [3.05, 3.63) is 23.8 Å². The Morgan fingerprint density at radius 1 is 1.29 bits per heavy atom. The number of likely N-dealkylation sites (tertiary alicyclic amines) is 1. The zero-order valence-electron chi connectivity index (χ0n) is 14.4. The fourth-order valence-electron chi connectivity index (χ4n) is 3.54. The summed E-state index contributed by atoms with van der Waals surface area (Å²) in [4.78, 5) is 14.5. The minimum atomic E-state index is -0.0297. The number of ether oxygens (including phenoxy) is 3. The Bertz CT molecular complexity index is 572. The van der Waals surface area contributed by atoms with Crippen LogP contribution in [0.4, 0.5) is 4.79 Å². The van der Waals surface area contributed by atoms with Crippen LogP contribution >= 0.6 is 0 Å². The Balaban J connectivity index is 1.71. The quantitative estimate of drug-likeness (QED) is 0.899. The number of nitrogens with one attached hydrogen (secondary N) is 1. The summed E-state index contributed by atoms with van der Waals surface area (Å²) in [5.41, 5.74) is 1.00. The van der Waals surface area contributed by atoms with Gasteiger partial charge >= 0.3 is 6.03 Å². The third-order valence-electron chi connectivity index (χ3n) is 4.81. The van der Waals surface area contributed by atoms with Gasteiger partial charge in [0.25, 0.3) is 0 Å². The van der Waals surface area contributed by atoms with Gasteiger partial charge in [0.2, 0.25) is 0 Å². The van der Waals surface area contributed by atoms with E-state index in [1.807, 2.05) is 23.1 Å². The topological polar surface area (TPSA) is 60.0 Å². The van der Waals surface area contributed by atoms with Gasteiger partial charge in [-0.2, -0.15) is 0 Å². The van der Waals surface area contributed by atoms with Crippen molar-refractivity contribution in [1.82, 2.24) is 10.2 Å². The molecule has 0 saturated carbocycles. The highest BCUT2D eigenvalue weighted by atomic mass is 16.5. The van der Waals surface area contributed by atoms with E-state index >= 15 is 0 Å². The summed E-state index contributed by atoms with van der Waals surface area (Å²) in [7, 11) is 3.30. The first-order valence-corrected chi connectivity index (χ1v) is 8.61. The van der Waals surface area contributed by atoms with Crippen LogP contribution in [0.5, 0.6) is 11.5 Å². The van der Waals surface area contributed by atoms with E-state index in [0.717, 1.165) is 55.9 Å². The maximum atomic E-state index is 12.6. The number of hydrogen-bond acceptors (Lipinski definition) is 4. The molecule has 1 aromatic carbocycles. The number of nitrogens with zero attached hydrogens (tertiary/aromatic N) is 1. The number of rotatable bonds is 5. The molecule has 0 spiro atoms. The van der Waals surface area contributed by atoms with E-state index in [0.29, 0.717) is 6.54 Å². The van der Waals surface area contributed by atoms with Gasteiger partial charge in [0.15, 0.2) is 0 Å². The molecule has 2 atom stereocenters. The van der Waals surface area contributed by atoms with E-state index in [-0.39, 0.29) is 18.2 Å². The summed E-state index contributed by atoms with van der Waals surface area (Å²) in [6, 6.07) is 5.72. The van der Waals surface area contributed by atoms with Crippen LogP contribution in [0, 0.1) is 0 Å². The molecule has 0 bridgehead atoms. The van der Waals surface area contributed by atoms with Crippen molar-refractivity contribution < 1.29 is 19.0 Å². The zero-order chi connectivity index (χ0) is 16.9. The van der Waals surface area contributed by atoms with Crippen LogP contribution in [0.1, 0.15) is 37.3 Å². The fraction of sp³-hybridized carbons (Fsp3) is 0.611. The maximum Gasteiger partial charge on any atom is 0.318 e. The average molecular weight is 334 g/mol. The SMILES string of the molecule is COc1ccc(OC)c([C@@H]2CCCN2C(=O)NC[C@H]2CCCO2)c1. The fourth-order valence-corrected chi connectivity index (χ4v) is 3.54. The zero-order valence-corrected chi connectivity index (χ0v) is 14.4. The minimum absolute atomic E-state index is 0.0135. The van der Waals surface area contributed by atoms with E-state index in [1.54, 1.807) is 14.2 Å². The van der Waals surface area contributed by atoms with Gasteiger partial charge in [0.1, 0.15) is 11.5 Å². The molecule has 0 unspecified atom stereocenters. The highest BCUT2D eigenvalue weighted by Crippen LogP contribution is 2.38. The van der Waals surface area contributed by atoms with Gasteiger partial charge < -0.3 is 24.4 Å². The van der Waals surface area contributed by atoms with Gasteiger partial charge in [0.05, 0.1) is 26.4 Å². The van der Waals surface area contributed by atoms with Crippen LogP contribution in [-0.4, -0.2) is 51.0 Å². The van der Waals surface area contributed by atoms with Crippen molar-refractivity contribution in [3.63, 3.8) is 0 Å². The summed E-state index contributed by atoms with van der Waals surface area (Å²) < 4.78 is 16.4. The summed E-state index contributed by atoms with van der Waals surface area (Å²) >= 11 is 0.